The topological polar surface area (TPSA) is 68.5 Å². The number of ether oxygens (including phenoxy) is 1. The molecule has 0 bridgehead atoms. The van der Waals surface area contributed by atoms with Crippen molar-refractivity contribution in [1.29, 1.82) is 0 Å². The number of carbonyl (C=O) groups is 2. The van der Waals surface area contributed by atoms with Crippen LogP contribution in [0.3, 0.4) is 0 Å². The van der Waals surface area contributed by atoms with Gasteiger partial charge in [0, 0.05) is 6.04 Å². The molecular formula is C18H27NO4S. The molecule has 1 aromatic rings. The van der Waals surface area contributed by atoms with Gasteiger partial charge in [-0.3, -0.25) is 4.79 Å². The third-order valence-electron chi connectivity index (χ3n) is 4.90. The van der Waals surface area contributed by atoms with Crippen molar-refractivity contribution < 1.29 is 18.7 Å². The molecule has 134 valence electrons. The first-order valence-corrected chi connectivity index (χ1v) is 9.62. The standard InChI is InChI=1S/C18H27NO4S/c1-11-6-5-7-16(12(11)2)19-17(20)10-24-9-14-8-15(13(3)23-14)18(21)22-4/h8,11-12,16H,5-7,9-10H2,1-4H3,(H,19,20)/t11-,12+,16+/m0/s1. The molecule has 0 aromatic carbocycles. The van der Waals surface area contributed by atoms with Crippen LogP contribution >= 0.6 is 11.8 Å². The van der Waals surface area contributed by atoms with E-state index in [4.69, 9.17) is 9.15 Å². The average Bonchev–Trinajstić information content (AvgIpc) is 2.92. The second-order valence-corrected chi connectivity index (χ2v) is 7.59. The second kappa shape index (κ2) is 8.60. The van der Waals surface area contributed by atoms with E-state index in [1.165, 1.54) is 31.7 Å². The molecule has 0 saturated heterocycles. The van der Waals surface area contributed by atoms with Crippen LogP contribution in [0.2, 0.25) is 0 Å². The number of hydrogen-bond donors (Lipinski definition) is 1. The average molecular weight is 353 g/mol. The normalized spacial score (nSPS) is 23.8. The number of carbonyl (C=O) groups excluding carboxylic acids is 2. The molecule has 24 heavy (non-hydrogen) atoms. The Morgan fingerprint density at radius 2 is 2.12 bits per heavy atom. The highest BCUT2D eigenvalue weighted by Crippen LogP contribution is 2.29. The van der Waals surface area contributed by atoms with Gasteiger partial charge in [-0.2, -0.15) is 0 Å². The predicted molar refractivity (Wildman–Crippen MR) is 95.1 cm³/mol. The summed E-state index contributed by atoms with van der Waals surface area (Å²) >= 11 is 1.49. The van der Waals surface area contributed by atoms with Crippen LogP contribution in [0.5, 0.6) is 0 Å². The molecule has 5 nitrogen and oxygen atoms in total. The molecule has 0 aliphatic heterocycles. The molecule has 1 amide bonds. The molecule has 2 rings (SSSR count). The molecule has 1 aliphatic rings. The molecule has 1 heterocycles. The SMILES string of the molecule is COC(=O)c1cc(CSCC(=O)N[C@@H]2CCC[C@H](C)[C@H]2C)oc1C. The number of rotatable bonds is 6. The van der Waals surface area contributed by atoms with E-state index < -0.39 is 5.97 Å². The van der Waals surface area contributed by atoms with Crippen LogP contribution in [0.15, 0.2) is 10.5 Å². The van der Waals surface area contributed by atoms with Crippen molar-refractivity contribution in [3.63, 3.8) is 0 Å². The molecular weight excluding hydrogens is 326 g/mol. The molecule has 1 fully saturated rings. The number of nitrogens with one attached hydrogen (secondary N) is 1. The summed E-state index contributed by atoms with van der Waals surface area (Å²) in [7, 11) is 1.35. The number of methoxy groups -OCH3 is 1. The number of esters is 1. The fraction of sp³-hybridized carbons (Fsp3) is 0.667. The summed E-state index contributed by atoms with van der Waals surface area (Å²) in [5, 5.41) is 3.16. The van der Waals surface area contributed by atoms with Gasteiger partial charge in [-0.15, -0.1) is 11.8 Å². The van der Waals surface area contributed by atoms with Gasteiger partial charge < -0.3 is 14.5 Å². The lowest BCUT2D eigenvalue weighted by molar-refractivity contribution is -0.120. The zero-order valence-corrected chi connectivity index (χ0v) is 15.7. The Labute approximate surface area is 147 Å². The smallest absolute Gasteiger partial charge is 0.341 e. The van der Waals surface area contributed by atoms with E-state index in [0.29, 0.717) is 46.5 Å². The molecule has 1 saturated carbocycles. The zero-order valence-electron chi connectivity index (χ0n) is 14.9. The van der Waals surface area contributed by atoms with Crippen molar-refractivity contribution in [3.8, 4) is 0 Å². The quantitative estimate of drug-likeness (QED) is 0.792. The lowest BCUT2D eigenvalue weighted by Gasteiger charge is -2.34. The minimum absolute atomic E-state index is 0.0717. The Morgan fingerprint density at radius 1 is 1.38 bits per heavy atom. The van der Waals surface area contributed by atoms with E-state index in [1.54, 1.807) is 13.0 Å². The van der Waals surface area contributed by atoms with E-state index in [-0.39, 0.29) is 5.91 Å². The van der Waals surface area contributed by atoms with Crippen LogP contribution in [-0.2, 0) is 15.3 Å². The van der Waals surface area contributed by atoms with Gasteiger partial charge in [0.15, 0.2) is 0 Å². The van der Waals surface area contributed by atoms with Gasteiger partial charge >= 0.3 is 5.97 Å². The minimum atomic E-state index is -0.398. The van der Waals surface area contributed by atoms with Gasteiger partial charge in [0.2, 0.25) is 5.91 Å². The third-order valence-corrected chi connectivity index (χ3v) is 5.86. The number of hydrogen-bond acceptors (Lipinski definition) is 5. The zero-order chi connectivity index (χ0) is 17.7. The summed E-state index contributed by atoms with van der Waals surface area (Å²) in [6, 6.07) is 1.98. The van der Waals surface area contributed by atoms with Gasteiger partial charge in [0.25, 0.3) is 0 Å². The summed E-state index contributed by atoms with van der Waals surface area (Å²) < 4.78 is 10.3. The third kappa shape index (κ3) is 4.79. The van der Waals surface area contributed by atoms with Crippen LogP contribution in [0.4, 0.5) is 0 Å². The molecule has 1 aliphatic carbocycles. The second-order valence-electron chi connectivity index (χ2n) is 6.61. The Kier molecular flexibility index (Phi) is 6.78. The molecule has 1 aromatic heterocycles. The summed E-state index contributed by atoms with van der Waals surface area (Å²) in [5.74, 6) is 3.06. The predicted octanol–water partition coefficient (Wildman–Crippen LogP) is 3.55. The number of aryl methyl sites for hydroxylation is 1. The molecule has 0 spiro atoms. The van der Waals surface area contributed by atoms with Gasteiger partial charge in [0.05, 0.1) is 18.6 Å². The van der Waals surface area contributed by atoms with E-state index in [1.807, 2.05) is 0 Å². The van der Waals surface area contributed by atoms with Gasteiger partial charge in [-0.1, -0.05) is 26.7 Å². The number of amides is 1. The van der Waals surface area contributed by atoms with Gasteiger partial charge in [0.1, 0.15) is 17.1 Å². The van der Waals surface area contributed by atoms with E-state index in [9.17, 15) is 9.59 Å². The number of thioether (sulfide) groups is 1. The van der Waals surface area contributed by atoms with Crippen LogP contribution in [0.1, 0.15) is 55.0 Å². The lowest BCUT2D eigenvalue weighted by Crippen LogP contribution is -2.44. The Hall–Kier alpha value is -1.43. The fourth-order valence-electron chi connectivity index (χ4n) is 3.21. The van der Waals surface area contributed by atoms with E-state index in [2.05, 4.69) is 19.2 Å². The number of furan rings is 1. The van der Waals surface area contributed by atoms with Crippen LogP contribution in [-0.4, -0.2) is 30.8 Å². The fourth-order valence-corrected chi connectivity index (χ4v) is 3.92. The Balaban J connectivity index is 1.77. The summed E-state index contributed by atoms with van der Waals surface area (Å²) in [6.07, 6.45) is 3.51. The highest BCUT2D eigenvalue weighted by Gasteiger charge is 2.28. The van der Waals surface area contributed by atoms with E-state index >= 15 is 0 Å². The maximum absolute atomic E-state index is 12.1. The largest absolute Gasteiger partial charge is 0.465 e. The van der Waals surface area contributed by atoms with Crippen LogP contribution in [0, 0.1) is 18.8 Å². The molecule has 3 atom stereocenters. The molecule has 0 unspecified atom stereocenters. The van der Waals surface area contributed by atoms with Crippen LogP contribution in [0.25, 0.3) is 0 Å². The van der Waals surface area contributed by atoms with Gasteiger partial charge in [-0.05, 0) is 31.2 Å². The van der Waals surface area contributed by atoms with Gasteiger partial charge in [-0.25, -0.2) is 4.79 Å². The first-order valence-electron chi connectivity index (χ1n) is 8.47. The first kappa shape index (κ1) is 18.9. The summed E-state index contributed by atoms with van der Waals surface area (Å²) in [4.78, 5) is 23.7. The van der Waals surface area contributed by atoms with Crippen molar-refractivity contribution in [2.24, 2.45) is 11.8 Å². The van der Waals surface area contributed by atoms with Crippen LogP contribution < -0.4 is 5.32 Å². The molecule has 6 heteroatoms. The van der Waals surface area contributed by atoms with E-state index in [0.717, 1.165) is 6.42 Å². The van der Waals surface area contributed by atoms with Crippen molar-refractivity contribution in [2.45, 2.75) is 51.8 Å². The van der Waals surface area contributed by atoms with Crippen molar-refractivity contribution in [2.75, 3.05) is 12.9 Å². The van der Waals surface area contributed by atoms with Crippen molar-refractivity contribution >= 4 is 23.6 Å². The maximum Gasteiger partial charge on any atom is 0.341 e. The molecule has 0 radical (unpaired) electrons. The first-order chi connectivity index (χ1) is 11.4. The van der Waals surface area contributed by atoms with Crippen molar-refractivity contribution in [1.82, 2.24) is 5.32 Å². The summed E-state index contributed by atoms with van der Waals surface area (Å²) in [6.45, 7) is 6.22. The highest BCUT2D eigenvalue weighted by atomic mass is 32.2. The maximum atomic E-state index is 12.1. The molecule has 1 N–H and O–H groups in total. The Morgan fingerprint density at radius 3 is 2.83 bits per heavy atom. The monoisotopic (exact) mass is 353 g/mol. The highest BCUT2D eigenvalue weighted by molar-refractivity contribution is 7.99. The Bertz CT molecular complexity index is 584. The summed E-state index contributed by atoms with van der Waals surface area (Å²) in [5.41, 5.74) is 0.447. The lowest BCUT2D eigenvalue weighted by atomic mass is 9.78. The minimum Gasteiger partial charge on any atom is -0.465 e. The van der Waals surface area contributed by atoms with Crippen molar-refractivity contribution in [3.05, 3.63) is 23.2 Å².